The molecule has 0 aliphatic rings. The smallest absolute Gasteiger partial charge is 0.269 e. The number of benzene rings is 3. The first-order chi connectivity index (χ1) is 17.2. The van der Waals surface area contributed by atoms with Crippen LogP contribution in [-0.4, -0.2) is 17.4 Å². The lowest BCUT2D eigenvalue weighted by atomic mass is 10.1. The van der Waals surface area contributed by atoms with Crippen molar-refractivity contribution in [3.05, 3.63) is 97.0 Å². The molecule has 0 spiro atoms. The molecule has 0 unspecified atom stereocenters. The summed E-state index contributed by atoms with van der Waals surface area (Å²) in [4.78, 5) is 23.4. The molecule has 3 rings (SSSR count). The number of nitrogens with one attached hydrogen (secondary N) is 1. The molecule has 3 aromatic carbocycles. The highest BCUT2D eigenvalue weighted by atomic mass is 79.9. The van der Waals surface area contributed by atoms with Gasteiger partial charge in [-0.1, -0.05) is 24.3 Å². The molecule has 0 bridgehead atoms. The van der Waals surface area contributed by atoms with Gasteiger partial charge in [-0.25, -0.2) is 0 Å². The topological polar surface area (TPSA) is 114 Å². The number of anilines is 1. The number of halogens is 1. The Kier molecular flexibility index (Phi) is 8.81. The Morgan fingerprint density at radius 3 is 2.64 bits per heavy atom. The molecule has 0 saturated heterocycles. The van der Waals surface area contributed by atoms with Gasteiger partial charge >= 0.3 is 0 Å². The Labute approximate surface area is 217 Å². The molecule has 0 aliphatic carbocycles. The number of amides is 1. The Balaban J connectivity index is 1.86. The van der Waals surface area contributed by atoms with E-state index in [4.69, 9.17) is 9.47 Å². The quantitative estimate of drug-likeness (QED) is 0.141. The number of ether oxygens (including phenoxy) is 2. The zero-order valence-corrected chi connectivity index (χ0v) is 21.6. The van der Waals surface area contributed by atoms with Crippen LogP contribution in [0, 0.1) is 35.3 Å². The lowest BCUT2D eigenvalue weighted by Gasteiger charge is -2.15. The third-order valence-corrected chi connectivity index (χ3v) is 5.74. The van der Waals surface area contributed by atoms with Gasteiger partial charge in [-0.15, -0.1) is 0 Å². The van der Waals surface area contributed by atoms with Crippen molar-refractivity contribution in [2.45, 2.75) is 27.4 Å². The summed E-state index contributed by atoms with van der Waals surface area (Å²) >= 11 is 3.47. The van der Waals surface area contributed by atoms with Gasteiger partial charge in [0.25, 0.3) is 11.6 Å². The Hall–Kier alpha value is -4.16. The highest BCUT2D eigenvalue weighted by Gasteiger charge is 2.16. The highest BCUT2D eigenvalue weighted by Crippen LogP contribution is 2.38. The monoisotopic (exact) mass is 549 g/mol. The molecule has 36 heavy (non-hydrogen) atoms. The molecule has 0 radical (unpaired) electrons. The first-order valence-electron chi connectivity index (χ1n) is 11.0. The van der Waals surface area contributed by atoms with Crippen LogP contribution >= 0.6 is 15.9 Å². The minimum Gasteiger partial charge on any atom is -0.490 e. The van der Waals surface area contributed by atoms with E-state index in [9.17, 15) is 20.2 Å². The summed E-state index contributed by atoms with van der Waals surface area (Å²) < 4.78 is 12.2. The minimum atomic E-state index is -0.522. The predicted octanol–water partition coefficient (Wildman–Crippen LogP) is 6.50. The molecular formula is C27H24BrN3O5. The van der Waals surface area contributed by atoms with Gasteiger partial charge in [-0.2, -0.15) is 5.26 Å². The van der Waals surface area contributed by atoms with E-state index in [1.165, 1.54) is 18.2 Å². The van der Waals surface area contributed by atoms with E-state index in [1.807, 2.05) is 45.0 Å². The van der Waals surface area contributed by atoms with Crippen molar-refractivity contribution in [2.24, 2.45) is 0 Å². The number of nitro groups is 1. The average Bonchev–Trinajstić information content (AvgIpc) is 2.84. The zero-order valence-electron chi connectivity index (χ0n) is 20.0. The SMILES string of the molecule is CCOc1cc(/C=C(\C#N)C(=O)Nc2cc(C)ccc2C)cc(Br)c1OCc1cccc([N+](=O)[O-])c1. The molecule has 0 heterocycles. The van der Waals surface area contributed by atoms with Crippen LogP contribution in [0.15, 0.2) is 64.6 Å². The normalized spacial score (nSPS) is 10.9. The van der Waals surface area contributed by atoms with Crippen molar-refractivity contribution in [2.75, 3.05) is 11.9 Å². The zero-order chi connectivity index (χ0) is 26.2. The van der Waals surface area contributed by atoms with E-state index in [2.05, 4.69) is 21.2 Å². The van der Waals surface area contributed by atoms with Crippen molar-refractivity contribution in [3.8, 4) is 17.6 Å². The van der Waals surface area contributed by atoms with Crippen molar-refractivity contribution in [1.29, 1.82) is 5.26 Å². The first kappa shape index (κ1) is 26.4. The lowest BCUT2D eigenvalue weighted by molar-refractivity contribution is -0.384. The molecule has 0 fully saturated rings. The van der Waals surface area contributed by atoms with Crippen LogP contribution in [0.2, 0.25) is 0 Å². The molecule has 3 aromatic rings. The van der Waals surface area contributed by atoms with Gasteiger partial charge in [0.15, 0.2) is 11.5 Å². The maximum atomic E-state index is 12.8. The number of carbonyl (C=O) groups excluding carboxylic acids is 1. The van der Waals surface area contributed by atoms with E-state index >= 15 is 0 Å². The number of rotatable bonds is 9. The molecule has 0 aliphatic heterocycles. The van der Waals surface area contributed by atoms with Gasteiger partial charge in [0.05, 0.1) is 16.0 Å². The van der Waals surface area contributed by atoms with E-state index in [0.717, 1.165) is 11.1 Å². The number of nitriles is 1. The summed E-state index contributed by atoms with van der Waals surface area (Å²) in [5, 5.41) is 23.5. The van der Waals surface area contributed by atoms with Crippen LogP contribution in [-0.2, 0) is 11.4 Å². The number of aryl methyl sites for hydroxylation is 2. The van der Waals surface area contributed by atoms with Gasteiger partial charge in [-0.05, 0) is 83.2 Å². The van der Waals surface area contributed by atoms with Crippen LogP contribution in [0.4, 0.5) is 11.4 Å². The first-order valence-corrected chi connectivity index (χ1v) is 11.8. The van der Waals surface area contributed by atoms with Crippen molar-refractivity contribution in [3.63, 3.8) is 0 Å². The standard InChI is InChI=1S/C27H24BrN3O5/c1-4-35-25-14-20(11-21(15-29)27(32)30-24-10-17(2)8-9-18(24)3)13-23(28)26(25)36-16-19-6-5-7-22(12-19)31(33)34/h5-14H,4,16H2,1-3H3,(H,30,32)/b21-11+. The summed E-state index contributed by atoms with van der Waals surface area (Å²) in [7, 11) is 0. The van der Waals surface area contributed by atoms with Crippen LogP contribution < -0.4 is 14.8 Å². The predicted molar refractivity (Wildman–Crippen MR) is 141 cm³/mol. The van der Waals surface area contributed by atoms with Gasteiger partial charge in [0, 0.05) is 17.8 Å². The van der Waals surface area contributed by atoms with Gasteiger partial charge < -0.3 is 14.8 Å². The molecule has 1 N–H and O–H groups in total. The molecule has 8 nitrogen and oxygen atoms in total. The van der Waals surface area contributed by atoms with Gasteiger partial charge in [0.1, 0.15) is 18.2 Å². The maximum Gasteiger partial charge on any atom is 0.269 e. The number of nitrogens with zero attached hydrogens (tertiary/aromatic N) is 2. The molecule has 9 heteroatoms. The fraction of sp³-hybridized carbons (Fsp3) is 0.185. The minimum absolute atomic E-state index is 0.0242. The van der Waals surface area contributed by atoms with Crippen molar-refractivity contribution in [1.82, 2.24) is 0 Å². The number of nitro benzene ring substituents is 1. The average molecular weight is 550 g/mol. The highest BCUT2D eigenvalue weighted by molar-refractivity contribution is 9.10. The summed E-state index contributed by atoms with van der Waals surface area (Å²) in [6, 6.07) is 17.2. The second-order valence-corrected chi connectivity index (χ2v) is 8.78. The Bertz CT molecular complexity index is 1380. The Morgan fingerprint density at radius 1 is 1.17 bits per heavy atom. The number of carbonyl (C=O) groups is 1. The van der Waals surface area contributed by atoms with Crippen molar-refractivity contribution < 1.29 is 19.2 Å². The third-order valence-electron chi connectivity index (χ3n) is 5.15. The maximum absolute atomic E-state index is 12.8. The fourth-order valence-corrected chi connectivity index (χ4v) is 3.94. The summed E-state index contributed by atoms with van der Waals surface area (Å²) in [5.41, 5.74) is 3.60. The van der Waals surface area contributed by atoms with Crippen LogP contribution in [0.1, 0.15) is 29.2 Å². The van der Waals surface area contributed by atoms with Gasteiger partial charge in [0.2, 0.25) is 0 Å². The number of hydrogen-bond donors (Lipinski definition) is 1. The van der Waals surface area contributed by atoms with E-state index in [-0.39, 0.29) is 17.9 Å². The number of non-ortho nitro benzene ring substituents is 1. The molecule has 1 amide bonds. The molecule has 0 saturated carbocycles. The summed E-state index contributed by atoms with van der Waals surface area (Å²) in [6.07, 6.45) is 1.47. The van der Waals surface area contributed by atoms with Crippen LogP contribution in [0.25, 0.3) is 6.08 Å². The van der Waals surface area contributed by atoms with Crippen LogP contribution in [0.5, 0.6) is 11.5 Å². The second kappa shape index (κ2) is 12.0. The Morgan fingerprint density at radius 2 is 1.94 bits per heavy atom. The van der Waals surface area contributed by atoms with Gasteiger partial charge in [-0.3, -0.25) is 14.9 Å². The molecule has 0 aromatic heterocycles. The van der Waals surface area contributed by atoms with Crippen molar-refractivity contribution >= 4 is 39.3 Å². The molecule has 184 valence electrons. The molecule has 0 atom stereocenters. The van der Waals surface area contributed by atoms with E-state index < -0.39 is 10.8 Å². The largest absolute Gasteiger partial charge is 0.490 e. The number of hydrogen-bond acceptors (Lipinski definition) is 6. The van der Waals surface area contributed by atoms with Crippen LogP contribution in [0.3, 0.4) is 0 Å². The molecular weight excluding hydrogens is 526 g/mol. The summed E-state index contributed by atoms with van der Waals surface area (Å²) in [5.74, 6) is 0.279. The lowest BCUT2D eigenvalue weighted by Crippen LogP contribution is -2.14. The summed E-state index contributed by atoms with van der Waals surface area (Å²) in [6.45, 7) is 6.05. The van der Waals surface area contributed by atoms with E-state index in [0.29, 0.717) is 39.4 Å². The second-order valence-electron chi connectivity index (χ2n) is 7.92. The third kappa shape index (κ3) is 6.71. The van der Waals surface area contributed by atoms with E-state index in [1.54, 1.807) is 24.3 Å². The fourth-order valence-electron chi connectivity index (χ4n) is 3.37.